The van der Waals surface area contributed by atoms with Crippen LogP contribution in [0.1, 0.15) is 30.9 Å². The molecule has 0 atom stereocenters. The van der Waals surface area contributed by atoms with Crippen LogP contribution in [0, 0.1) is 11.3 Å². The molecule has 68 valence electrons. The van der Waals surface area contributed by atoms with Crippen molar-refractivity contribution >= 4 is 23.2 Å². The first kappa shape index (κ1) is 10.4. The molecular weight excluding hydrogens is 205 g/mol. The normalized spacial score (nSPS) is 10.2. The van der Waals surface area contributed by atoms with Crippen molar-refractivity contribution in [3.8, 4) is 6.07 Å². The van der Waals surface area contributed by atoms with E-state index in [2.05, 4.69) is 6.07 Å². The van der Waals surface area contributed by atoms with Gasteiger partial charge >= 0.3 is 0 Å². The standard InChI is InChI=1S/C10H9Cl2N/c1-6(2)8-4-10(12)9(11)3-7(8)5-13/h3-4,6H,1-2H3. The Balaban J connectivity index is 3.35. The van der Waals surface area contributed by atoms with Gasteiger partial charge in [0.1, 0.15) is 0 Å². The second-order valence-electron chi connectivity index (χ2n) is 3.12. The summed E-state index contributed by atoms with van der Waals surface area (Å²) < 4.78 is 0. The molecule has 13 heavy (non-hydrogen) atoms. The fraction of sp³-hybridized carbons (Fsp3) is 0.300. The van der Waals surface area contributed by atoms with Crippen LogP contribution < -0.4 is 0 Å². The molecule has 0 saturated heterocycles. The number of hydrogen-bond donors (Lipinski definition) is 0. The first-order chi connectivity index (χ1) is 6.06. The molecule has 1 nitrogen and oxygen atoms in total. The first-order valence-corrected chi connectivity index (χ1v) is 4.71. The highest BCUT2D eigenvalue weighted by Crippen LogP contribution is 2.29. The summed E-state index contributed by atoms with van der Waals surface area (Å²) in [6.45, 7) is 4.03. The summed E-state index contributed by atoms with van der Waals surface area (Å²) in [4.78, 5) is 0. The van der Waals surface area contributed by atoms with Gasteiger partial charge in [0, 0.05) is 0 Å². The number of rotatable bonds is 1. The molecule has 0 aliphatic heterocycles. The van der Waals surface area contributed by atoms with E-state index in [4.69, 9.17) is 28.5 Å². The molecule has 0 amide bonds. The van der Waals surface area contributed by atoms with Crippen molar-refractivity contribution in [3.05, 3.63) is 33.3 Å². The molecule has 0 fully saturated rings. The average molecular weight is 214 g/mol. The molecule has 0 aliphatic rings. The van der Waals surface area contributed by atoms with Gasteiger partial charge in [0.15, 0.2) is 0 Å². The largest absolute Gasteiger partial charge is 0.192 e. The summed E-state index contributed by atoms with van der Waals surface area (Å²) in [5, 5.41) is 9.77. The van der Waals surface area contributed by atoms with Crippen molar-refractivity contribution in [1.82, 2.24) is 0 Å². The van der Waals surface area contributed by atoms with Crippen LogP contribution in [-0.4, -0.2) is 0 Å². The SMILES string of the molecule is CC(C)c1cc(Cl)c(Cl)cc1C#N. The summed E-state index contributed by atoms with van der Waals surface area (Å²) in [5.74, 6) is 0.282. The van der Waals surface area contributed by atoms with E-state index >= 15 is 0 Å². The van der Waals surface area contributed by atoms with Gasteiger partial charge < -0.3 is 0 Å². The van der Waals surface area contributed by atoms with Gasteiger partial charge in [-0.1, -0.05) is 37.0 Å². The third-order valence-electron chi connectivity index (χ3n) is 1.83. The fourth-order valence-electron chi connectivity index (χ4n) is 1.14. The van der Waals surface area contributed by atoms with Crippen LogP contribution in [0.5, 0.6) is 0 Å². The topological polar surface area (TPSA) is 23.8 Å². The van der Waals surface area contributed by atoms with Crippen LogP contribution in [0.3, 0.4) is 0 Å². The quantitative estimate of drug-likeness (QED) is 0.693. The Labute approximate surface area is 87.9 Å². The minimum Gasteiger partial charge on any atom is -0.192 e. The summed E-state index contributed by atoms with van der Waals surface area (Å²) in [7, 11) is 0. The molecule has 0 saturated carbocycles. The number of nitriles is 1. The average Bonchev–Trinajstić information content (AvgIpc) is 2.08. The maximum absolute atomic E-state index is 8.83. The second kappa shape index (κ2) is 4.00. The Morgan fingerprint density at radius 1 is 1.23 bits per heavy atom. The van der Waals surface area contributed by atoms with Crippen LogP contribution in [-0.2, 0) is 0 Å². The number of benzene rings is 1. The van der Waals surface area contributed by atoms with Crippen LogP contribution in [0.25, 0.3) is 0 Å². The number of nitrogens with zero attached hydrogens (tertiary/aromatic N) is 1. The predicted octanol–water partition coefficient (Wildman–Crippen LogP) is 3.99. The van der Waals surface area contributed by atoms with E-state index in [0.29, 0.717) is 15.6 Å². The van der Waals surface area contributed by atoms with E-state index in [-0.39, 0.29) is 5.92 Å². The number of hydrogen-bond acceptors (Lipinski definition) is 1. The molecule has 0 unspecified atom stereocenters. The lowest BCUT2D eigenvalue weighted by atomic mass is 9.98. The molecule has 0 bridgehead atoms. The summed E-state index contributed by atoms with van der Waals surface area (Å²) in [5.41, 5.74) is 1.54. The van der Waals surface area contributed by atoms with Gasteiger partial charge in [-0.3, -0.25) is 0 Å². The molecule has 3 heteroatoms. The monoisotopic (exact) mass is 213 g/mol. The third kappa shape index (κ3) is 2.15. The van der Waals surface area contributed by atoms with Crippen LogP contribution in [0.2, 0.25) is 10.0 Å². The van der Waals surface area contributed by atoms with Crippen molar-refractivity contribution in [2.75, 3.05) is 0 Å². The smallest absolute Gasteiger partial charge is 0.0995 e. The summed E-state index contributed by atoms with van der Waals surface area (Å²) >= 11 is 11.6. The lowest BCUT2D eigenvalue weighted by Gasteiger charge is -2.08. The van der Waals surface area contributed by atoms with E-state index < -0.39 is 0 Å². The van der Waals surface area contributed by atoms with E-state index in [1.807, 2.05) is 13.8 Å². The molecule has 0 radical (unpaired) electrons. The second-order valence-corrected chi connectivity index (χ2v) is 3.93. The molecule has 1 aromatic carbocycles. The summed E-state index contributed by atoms with van der Waals surface area (Å²) in [6, 6.07) is 5.47. The van der Waals surface area contributed by atoms with Gasteiger partial charge in [0.05, 0.1) is 21.7 Å². The van der Waals surface area contributed by atoms with Crippen molar-refractivity contribution in [3.63, 3.8) is 0 Å². The Morgan fingerprint density at radius 3 is 2.23 bits per heavy atom. The molecule has 1 aromatic rings. The highest BCUT2D eigenvalue weighted by molar-refractivity contribution is 6.42. The highest BCUT2D eigenvalue weighted by Gasteiger charge is 2.09. The third-order valence-corrected chi connectivity index (χ3v) is 2.56. The minimum absolute atomic E-state index is 0.282. The Morgan fingerprint density at radius 2 is 1.77 bits per heavy atom. The zero-order chi connectivity index (χ0) is 10.0. The van der Waals surface area contributed by atoms with Crippen molar-refractivity contribution in [2.24, 2.45) is 0 Å². The van der Waals surface area contributed by atoms with Gasteiger partial charge in [-0.15, -0.1) is 0 Å². The zero-order valence-electron chi connectivity index (χ0n) is 7.44. The predicted molar refractivity (Wildman–Crippen MR) is 55.3 cm³/mol. The maximum atomic E-state index is 8.83. The van der Waals surface area contributed by atoms with Gasteiger partial charge in [-0.2, -0.15) is 5.26 Å². The van der Waals surface area contributed by atoms with Crippen molar-refractivity contribution in [1.29, 1.82) is 5.26 Å². The van der Waals surface area contributed by atoms with Crippen molar-refractivity contribution < 1.29 is 0 Å². The van der Waals surface area contributed by atoms with E-state index in [0.717, 1.165) is 5.56 Å². The van der Waals surface area contributed by atoms with Gasteiger partial charge in [0.2, 0.25) is 0 Å². The van der Waals surface area contributed by atoms with E-state index in [1.54, 1.807) is 12.1 Å². The maximum Gasteiger partial charge on any atom is 0.0995 e. The molecule has 0 aliphatic carbocycles. The lowest BCUT2D eigenvalue weighted by Crippen LogP contribution is -1.92. The summed E-state index contributed by atoms with van der Waals surface area (Å²) in [6.07, 6.45) is 0. The van der Waals surface area contributed by atoms with Gasteiger partial charge in [-0.05, 0) is 23.6 Å². The Kier molecular flexibility index (Phi) is 3.19. The van der Waals surface area contributed by atoms with Crippen molar-refractivity contribution in [2.45, 2.75) is 19.8 Å². The van der Waals surface area contributed by atoms with Crippen LogP contribution >= 0.6 is 23.2 Å². The minimum atomic E-state index is 0.282. The lowest BCUT2D eigenvalue weighted by molar-refractivity contribution is 0.862. The highest BCUT2D eigenvalue weighted by atomic mass is 35.5. The Bertz CT molecular complexity index is 364. The number of halogens is 2. The molecule has 0 heterocycles. The van der Waals surface area contributed by atoms with Crippen LogP contribution in [0.15, 0.2) is 12.1 Å². The van der Waals surface area contributed by atoms with Crippen LogP contribution in [0.4, 0.5) is 0 Å². The molecule has 0 N–H and O–H groups in total. The van der Waals surface area contributed by atoms with Gasteiger partial charge in [0.25, 0.3) is 0 Å². The fourth-order valence-corrected chi connectivity index (χ4v) is 1.47. The first-order valence-electron chi connectivity index (χ1n) is 3.95. The van der Waals surface area contributed by atoms with E-state index in [9.17, 15) is 0 Å². The van der Waals surface area contributed by atoms with Gasteiger partial charge in [-0.25, -0.2) is 0 Å². The molecule has 1 rings (SSSR count). The molecule has 0 aromatic heterocycles. The Hall–Kier alpha value is -0.710. The molecular formula is C10H9Cl2N. The zero-order valence-corrected chi connectivity index (χ0v) is 8.95. The van der Waals surface area contributed by atoms with E-state index in [1.165, 1.54) is 0 Å². The molecule has 0 spiro atoms.